The fraction of sp³-hybridized carbons (Fsp3) is 0.500. The zero-order valence-electron chi connectivity index (χ0n) is 5.79. The summed E-state index contributed by atoms with van der Waals surface area (Å²) in [5, 5.41) is 11.3. The van der Waals surface area contributed by atoms with E-state index in [1.807, 2.05) is 0 Å². The van der Waals surface area contributed by atoms with Crippen molar-refractivity contribution in [3.63, 3.8) is 0 Å². The molecule has 0 rings (SSSR count). The summed E-state index contributed by atoms with van der Waals surface area (Å²) in [4.78, 5) is 14.4. The largest absolute Gasteiger partial charge is 0.392 e. The summed E-state index contributed by atoms with van der Waals surface area (Å²) in [7, 11) is 0. The molecular formula is C6H7N2O2. The fourth-order valence-electron chi connectivity index (χ4n) is 0.220. The first-order valence-corrected chi connectivity index (χ1v) is 2.72. The predicted octanol–water partition coefficient (Wildman–Crippen LogP) is 0.401. The van der Waals surface area contributed by atoms with Crippen LogP contribution in [0, 0.1) is 11.3 Å². The van der Waals surface area contributed by atoms with E-state index in [4.69, 9.17) is 5.26 Å². The lowest BCUT2D eigenvalue weighted by Crippen LogP contribution is -2.01. The molecule has 0 aliphatic heterocycles. The second-order valence-corrected chi connectivity index (χ2v) is 1.81. The van der Waals surface area contributed by atoms with Crippen molar-refractivity contribution >= 4 is 12.0 Å². The third-order valence-corrected chi connectivity index (χ3v) is 0.557. The zero-order valence-corrected chi connectivity index (χ0v) is 5.79. The van der Waals surface area contributed by atoms with E-state index in [1.165, 1.54) is 12.4 Å². The Morgan fingerprint density at radius 3 is 2.60 bits per heavy atom. The highest BCUT2D eigenvalue weighted by Crippen LogP contribution is 1.87. The maximum atomic E-state index is 9.79. The molecule has 0 bridgehead atoms. The molecule has 0 amide bonds. The summed E-state index contributed by atoms with van der Waals surface area (Å²) in [5.41, 5.74) is -0.367. The van der Waals surface area contributed by atoms with Crippen molar-refractivity contribution in [2.24, 2.45) is 5.16 Å². The highest BCUT2D eigenvalue weighted by Gasteiger charge is 1.96. The average Bonchev–Trinajstić information content (AvgIpc) is 1.90. The fourth-order valence-corrected chi connectivity index (χ4v) is 0.220. The lowest BCUT2D eigenvalue weighted by atomic mass is 10.5. The van der Waals surface area contributed by atoms with E-state index in [0.29, 0.717) is 0 Å². The summed E-state index contributed by atoms with van der Waals surface area (Å²) < 4.78 is 0. The number of oxime groups is 1. The van der Waals surface area contributed by atoms with Gasteiger partial charge in [-0.05, 0) is 13.8 Å². The summed E-state index contributed by atoms with van der Waals surface area (Å²) in [6, 6.07) is 1.51. The molecule has 4 heteroatoms. The lowest BCUT2D eigenvalue weighted by molar-refractivity contribution is 0.0868. The second-order valence-electron chi connectivity index (χ2n) is 1.81. The van der Waals surface area contributed by atoms with Crippen LogP contribution in [0.5, 0.6) is 0 Å². The maximum absolute atomic E-state index is 9.79. The first-order chi connectivity index (χ1) is 4.70. The average molecular weight is 139 g/mol. The Labute approximate surface area is 59.1 Å². The van der Waals surface area contributed by atoms with Gasteiger partial charge in [-0.25, -0.2) is 0 Å². The van der Waals surface area contributed by atoms with Gasteiger partial charge in [0.2, 0.25) is 5.71 Å². The first kappa shape index (κ1) is 8.63. The molecule has 0 heterocycles. The van der Waals surface area contributed by atoms with Gasteiger partial charge in [0.25, 0.3) is 6.29 Å². The highest BCUT2D eigenvalue weighted by molar-refractivity contribution is 6.35. The number of nitrogens with zero attached hydrogens (tertiary/aromatic N) is 2. The zero-order chi connectivity index (χ0) is 7.98. The summed E-state index contributed by atoms with van der Waals surface area (Å²) in [5.74, 6) is 0. The smallest absolute Gasteiger partial charge is 0.268 e. The molecule has 0 saturated carbocycles. The molecule has 0 aromatic rings. The van der Waals surface area contributed by atoms with Gasteiger partial charge >= 0.3 is 0 Å². The van der Waals surface area contributed by atoms with Gasteiger partial charge in [0.1, 0.15) is 12.2 Å². The molecular weight excluding hydrogens is 132 g/mol. The third-order valence-electron chi connectivity index (χ3n) is 0.557. The topological polar surface area (TPSA) is 62.4 Å². The van der Waals surface area contributed by atoms with Crippen molar-refractivity contribution in [3.8, 4) is 6.07 Å². The minimum absolute atomic E-state index is 0.128. The molecule has 0 spiro atoms. The van der Waals surface area contributed by atoms with Gasteiger partial charge in [-0.15, -0.1) is 0 Å². The van der Waals surface area contributed by atoms with Crippen molar-refractivity contribution in [3.05, 3.63) is 0 Å². The van der Waals surface area contributed by atoms with E-state index >= 15 is 0 Å². The molecule has 0 aromatic heterocycles. The Morgan fingerprint density at radius 1 is 1.70 bits per heavy atom. The van der Waals surface area contributed by atoms with Crippen molar-refractivity contribution in [2.75, 3.05) is 0 Å². The molecule has 0 fully saturated rings. The van der Waals surface area contributed by atoms with Crippen LogP contribution < -0.4 is 0 Å². The predicted molar refractivity (Wildman–Crippen MR) is 35.0 cm³/mol. The van der Waals surface area contributed by atoms with Gasteiger partial charge in [-0.2, -0.15) is 5.26 Å². The Hall–Kier alpha value is -1.37. The number of carbonyl (C=O) groups excluding carboxylic acids is 1. The van der Waals surface area contributed by atoms with E-state index in [1.54, 1.807) is 13.8 Å². The van der Waals surface area contributed by atoms with E-state index in [2.05, 4.69) is 9.99 Å². The van der Waals surface area contributed by atoms with E-state index in [-0.39, 0.29) is 11.8 Å². The summed E-state index contributed by atoms with van der Waals surface area (Å²) in [6.07, 6.45) is 1.19. The monoisotopic (exact) mass is 139 g/mol. The number of rotatable bonds is 3. The maximum Gasteiger partial charge on any atom is 0.268 e. The minimum atomic E-state index is -0.367. The number of hydrogen-bond donors (Lipinski definition) is 0. The van der Waals surface area contributed by atoms with Gasteiger partial charge in [0.15, 0.2) is 0 Å². The molecule has 0 aliphatic rings. The van der Waals surface area contributed by atoms with Gasteiger partial charge < -0.3 is 4.84 Å². The van der Waals surface area contributed by atoms with Crippen LogP contribution in [0.4, 0.5) is 0 Å². The molecule has 0 aliphatic carbocycles. The van der Waals surface area contributed by atoms with Gasteiger partial charge in [0, 0.05) is 0 Å². The SMILES string of the molecule is CC(C)ON=C([C]=O)C#N. The van der Waals surface area contributed by atoms with Crippen molar-refractivity contribution < 1.29 is 9.63 Å². The standard InChI is InChI=1S/C6H7N2O2/c1-5(2)10-8-6(3-7)4-9/h5H,1-2H3. The molecule has 0 N–H and O–H groups in total. The molecule has 4 nitrogen and oxygen atoms in total. The molecule has 10 heavy (non-hydrogen) atoms. The van der Waals surface area contributed by atoms with Crippen LogP contribution >= 0.6 is 0 Å². The molecule has 1 radical (unpaired) electrons. The minimum Gasteiger partial charge on any atom is -0.392 e. The van der Waals surface area contributed by atoms with Crippen LogP contribution in [0.25, 0.3) is 0 Å². The Morgan fingerprint density at radius 2 is 2.30 bits per heavy atom. The van der Waals surface area contributed by atoms with Crippen LogP contribution in [0.15, 0.2) is 5.16 Å². The highest BCUT2D eigenvalue weighted by atomic mass is 16.6. The van der Waals surface area contributed by atoms with Gasteiger partial charge in [-0.3, -0.25) is 4.79 Å². The molecule has 0 unspecified atom stereocenters. The van der Waals surface area contributed by atoms with Crippen LogP contribution in [-0.2, 0) is 9.63 Å². The van der Waals surface area contributed by atoms with Crippen LogP contribution in [0.1, 0.15) is 13.8 Å². The van der Waals surface area contributed by atoms with Crippen molar-refractivity contribution in [1.82, 2.24) is 0 Å². The molecule has 0 atom stereocenters. The first-order valence-electron chi connectivity index (χ1n) is 2.72. The van der Waals surface area contributed by atoms with E-state index in [0.717, 1.165) is 0 Å². The van der Waals surface area contributed by atoms with Crippen LogP contribution in [-0.4, -0.2) is 18.1 Å². The second kappa shape index (κ2) is 4.50. The number of hydrogen-bond acceptors (Lipinski definition) is 4. The molecule has 53 valence electrons. The van der Waals surface area contributed by atoms with Crippen LogP contribution in [0.2, 0.25) is 0 Å². The number of nitriles is 1. The summed E-state index contributed by atoms with van der Waals surface area (Å²) >= 11 is 0. The van der Waals surface area contributed by atoms with Gasteiger partial charge in [-0.1, -0.05) is 5.16 Å². The van der Waals surface area contributed by atoms with Crippen molar-refractivity contribution in [1.29, 1.82) is 5.26 Å². The van der Waals surface area contributed by atoms with E-state index in [9.17, 15) is 4.79 Å². The Balaban J connectivity index is 3.90. The molecule has 0 aromatic carbocycles. The Kier molecular flexibility index (Phi) is 3.89. The Bertz CT molecular complexity index is 179. The lowest BCUT2D eigenvalue weighted by Gasteiger charge is -1.98. The van der Waals surface area contributed by atoms with Gasteiger partial charge in [0.05, 0.1) is 0 Å². The third kappa shape index (κ3) is 3.61. The van der Waals surface area contributed by atoms with E-state index < -0.39 is 0 Å². The normalized spacial score (nSPS) is 10.8. The quantitative estimate of drug-likeness (QED) is 0.420. The summed E-state index contributed by atoms with van der Waals surface area (Å²) in [6.45, 7) is 3.48. The van der Waals surface area contributed by atoms with Crippen LogP contribution in [0.3, 0.4) is 0 Å². The van der Waals surface area contributed by atoms with Crippen molar-refractivity contribution in [2.45, 2.75) is 20.0 Å². The molecule has 0 saturated heterocycles.